The van der Waals surface area contributed by atoms with Gasteiger partial charge < -0.3 is 4.57 Å². The number of piperidine rings is 1. The summed E-state index contributed by atoms with van der Waals surface area (Å²) in [6.07, 6.45) is 2.62. The minimum absolute atomic E-state index is 0.191. The van der Waals surface area contributed by atoms with Crippen LogP contribution in [0.5, 0.6) is 0 Å². The fraction of sp³-hybridized carbons (Fsp3) is 0.200. The molecule has 6 nitrogen and oxygen atoms in total. The Morgan fingerprint density at radius 1 is 1.19 bits per heavy atom. The second-order valence-corrected chi connectivity index (χ2v) is 4.92. The first-order valence-electron chi connectivity index (χ1n) is 6.54. The summed E-state index contributed by atoms with van der Waals surface area (Å²) in [5.74, 6) is -0.824. The Balaban J connectivity index is 2.19. The maximum Gasteiger partial charge on any atom is 0.259 e. The third-order valence-electron chi connectivity index (χ3n) is 3.66. The molecule has 0 saturated carbocycles. The molecule has 1 aliphatic rings. The Labute approximate surface area is 119 Å². The summed E-state index contributed by atoms with van der Waals surface area (Å²) in [5, 5.41) is 3.16. The van der Waals surface area contributed by atoms with Gasteiger partial charge in [0.2, 0.25) is 11.8 Å². The van der Waals surface area contributed by atoms with Crippen LogP contribution in [-0.4, -0.2) is 22.7 Å². The molecular formula is C15H12N2O4. The standard InChI is InChI=1S/C15H12N2O4/c18-8-10-3-1-2-9-6-7-17(15(21)13(9)10)11-4-5-12(19)16-14(11)20/h1-3,6-8,11H,4-5H2,(H,16,19,20). The second kappa shape index (κ2) is 4.97. The van der Waals surface area contributed by atoms with E-state index in [1.54, 1.807) is 24.3 Å². The van der Waals surface area contributed by atoms with Gasteiger partial charge in [0.1, 0.15) is 6.04 Å². The first-order chi connectivity index (χ1) is 10.1. The van der Waals surface area contributed by atoms with Gasteiger partial charge >= 0.3 is 0 Å². The molecule has 1 aromatic heterocycles. The maximum atomic E-state index is 12.6. The van der Waals surface area contributed by atoms with Gasteiger partial charge in [0.15, 0.2) is 6.29 Å². The van der Waals surface area contributed by atoms with Crippen molar-refractivity contribution in [2.75, 3.05) is 0 Å². The molecular weight excluding hydrogens is 272 g/mol. The Kier molecular flexibility index (Phi) is 3.13. The van der Waals surface area contributed by atoms with Gasteiger partial charge in [-0.15, -0.1) is 0 Å². The lowest BCUT2D eigenvalue weighted by Gasteiger charge is -2.23. The van der Waals surface area contributed by atoms with Crippen molar-refractivity contribution < 1.29 is 14.4 Å². The van der Waals surface area contributed by atoms with Crippen LogP contribution in [0.4, 0.5) is 0 Å². The van der Waals surface area contributed by atoms with Crippen molar-refractivity contribution in [1.29, 1.82) is 0 Å². The van der Waals surface area contributed by atoms with Crippen LogP contribution in [0.25, 0.3) is 10.8 Å². The van der Waals surface area contributed by atoms with Gasteiger partial charge in [0.25, 0.3) is 5.56 Å². The van der Waals surface area contributed by atoms with E-state index in [1.807, 2.05) is 0 Å². The number of fused-ring (bicyclic) bond motifs is 1. The number of carbonyl (C=O) groups excluding carboxylic acids is 3. The Morgan fingerprint density at radius 2 is 2.00 bits per heavy atom. The highest BCUT2D eigenvalue weighted by Crippen LogP contribution is 2.19. The van der Waals surface area contributed by atoms with E-state index >= 15 is 0 Å². The highest BCUT2D eigenvalue weighted by molar-refractivity contribution is 6.00. The highest BCUT2D eigenvalue weighted by atomic mass is 16.2. The van der Waals surface area contributed by atoms with E-state index in [0.717, 1.165) is 0 Å². The van der Waals surface area contributed by atoms with Crippen molar-refractivity contribution in [2.24, 2.45) is 0 Å². The van der Waals surface area contributed by atoms with Crippen molar-refractivity contribution in [3.63, 3.8) is 0 Å². The molecule has 3 rings (SSSR count). The topological polar surface area (TPSA) is 85.2 Å². The molecule has 1 aliphatic heterocycles. The van der Waals surface area contributed by atoms with Crippen LogP contribution in [-0.2, 0) is 9.59 Å². The highest BCUT2D eigenvalue weighted by Gasteiger charge is 2.28. The lowest BCUT2D eigenvalue weighted by molar-refractivity contribution is -0.135. The number of pyridine rings is 1. The predicted octanol–water partition coefficient (Wildman–Crippen LogP) is 0.792. The monoisotopic (exact) mass is 284 g/mol. The number of hydrogen-bond acceptors (Lipinski definition) is 4. The number of benzene rings is 1. The van der Waals surface area contributed by atoms with Crippen LogP contribution in [0.1, 0.15) is 29.2 Å². The SMILES string of the molecule is O=Cc1cccc2ccn(C3CCC(=O)NC3=O)c(=O)c12. The Morgan fingerprint density at radius 3 is 2.71 bits per heavy atom. The summed E-state index contributed by atoms with van der Waals surface area (Å²) in [6, 6.07) is 5.96. The number of nitrogens with zero attached hydrogens (tertiary/aromatic N) is 1. The number of hydrogen-bond donors (Lipinski definition) is 1. The fourth-order valence-electron chi connectivity index (χ4n) is 2.62. The number of aldehydes is 1. The largest absolute Gasteiger partial charge is 0.302 e. The number of imide groups is 1. The van der Waals surface area contributed by atoms with E-state index in [9.17, 15) is 19.2 Å². The van der Waals surface area contributed by atoms with Gasteiger partial charge in [-0.2, -0.15) is 0 Å². The van der Waals surface area contributed by atoms with Gasteiger partial charge in [0, 0.05) is 18.2 Å². The van der Waals surface area contributed by atoms with Crippen LogP contribution < -0.4 is 10.9 Å². The minimum atomic E-state index is -0.723. The molecule has 2 heterocycles. The molecule has 0 bridgehead atoms. The molecule has 1 unspecified atom stereocenters. The maximum absolute atomic E-state index is 12.6. The van der Waals surface area contributed by atoms with Gasteiger partial charge in [-0.05, 0) is 17.9 Å². The van der Waals surface area contributed by atoms with E-state index in [-0.39, 0.29) is 18.7 Å². The average molecular weight is 284 g/mol. The van der Waals surface area contributed by atoms with E-state index < -0.39 is 17.5 Å². The quantitative estimate of drug-likeness (QED) is 0.652. The predicted molar refractivity (Wildman–Crippen MR) is 75.0 cm³/mol. The molecule has 1 atom stereocenters. The lowest BCUT2D eigenvalue weighted by Crippen LogP contribution is -2.44. The smallest absolute Gasteiger partial charge is 0.259 e. The third-order valence-corrected chi connectivity index (χ3v) is 3.66. The molecule has 6 heteroatoms. The zero-order valence-electron chi connectivity index (χ0n) is 11.0. The molecule has 1 N–H and O–H groups in total. The van der Waals surface area contributed by atoms with Gasteiger partial charge in [-0.3, -0.25) is 24.5 Å². The lowest BCUT2D eigenvalue weighted by atomic mass is 10.0. The molecule has 1 fully saturated rings. The molecule has 1 aromatic carbocycles. The second-order valence-electron chi connectivity index (χ2n) is 4.92. The summed E-state index contributed by atoms with van der Waals surface area (Å²) < 4.78 is 1.29. The number of aromatic nitrogens is 1. The normalized spacial score (nSPS) is 18.6. The molecule has 106 valence electrons. The van der Waals surface area contributed by atoms with Crippen LogP contribution in [0.15, 0.2) is 35.3 Å². The average Bonchev–Trinajstić information content (AvgIpc) is 2.48. The third kappa shape index (κ3) is 2.14. The van der Waals surface area contributed by atoms with Crippen LogP contribution in [0, 0.1) is 0 Å². The van der Waals surface area contributed by atoms with Crippen LogP contribution in [0.2, 0.25) is 0 Å². The van der Waals surface area contributed by atoms with Crippen molar-refractivity contribution in [3.8, 4) is 0 Å². The molecule has 21 heavy (non-hydrogen) atoms. The molecule has 2 aromatic rings. The summed E-state index contributed by atoms with van der Waals surface area (Å²) in [7, 11) is 0. The summed E-state index contributed by atoms with van der Waals surface area (Å²) in [5.41, 5.74) is -0.108. The number of amides is 2. The van der Waals surface area contributed by atoms with Gasteiger partial charge in [-0.25, -0.2) is 0 Å². The first-order valence-corrected chi connectivity index (χ1v) is 6.54. The van der Waals surface area contributed by atoms with Crippen LogP contribution >= 0.6 is 0 Å². The van der Waals surface area contributed by atoms with E-state index in [0.29, 0.717) is 22.6 Å². The Hall–Kier alpha value is -2.76. The van der Waals surface area contributed by atoms with Crippen molar-refractivity contribution >= 4 is 28.9 Å². The van der Waals surface area contributed by atoms with E-state index in [4.69, 9.17) is 0 Å². The molecule has 1 saturated heterocycles. The molecule has 0 aliphatic carbocycles. The molecule has 2 amide bonds. The minimum Gasteiger partial charge on any atom is -0.302 e. The van der Waals surface area contributed by atoms with E-state index in [2.05, 4.69) is 5.32 Å². The summed E-state index contributed by atoms with van der Waals surface area (Å²) in [4.78, 5) is 46.7. The zero-order valence-corrected chi connectivity index (χ0v) is 11.0. The van der Waals surface area contributed by atoms with Crippen LogP contribution in [0.3, 0.4) is 0 Å². The van der Waals surface area contributed by atoms with Crippen molar-refractivity contribution in [2.45, 2.75) is 18.9 Å². The number of nitrogens with one attached hydrogen (secondary N) is 1. The number of rotatable bonds is 2. The Bertz CT molecular complexity index is 822. The summed E-state index contributed by atoms with van der Waals surface area (Å²) >= 11 is 0. The summed E-state index contributed by atoms with van der Waals surface area (Å²) in [6.45, 7) is 0. The zero-order chi connectivity index (χ0) is 15.0. The van der Waals surface area contributed by atoms with Gasteiger partial charge in [0.05, 0.1) is 5.39 Å². The number of carbonyl (C=O) groups is 3. The molecule has 0 spiro atoms. The van der Waals surface area contributed by atoms with E-state index in [1.165, 1.54) is 10.8 Å². The van der Waals surface area contributed by atoms with Gasteiger partial charge in [-0.1, -0.05) is 18.2 Å². The van der Waals surface area contributed by atoms with Crippen molar-refractivity contribution in [1.82, 2.24) is 9.88 Å². The molecule has 0 radical (unpaired) electrons. The first kappa shape index (κ1) is 13.2. The van der Waals surface area contributed by atoms with Crippen molar-refractivity contribution in [3.05, 3.63) is 46.4 Å². The fourth-order valence-corrected chi connectivity index (χ4v) is 2.62.